The first-order valence-corrected chi connectivity index (χ1v) is 3.55. The van der Waals surface area contributed by atoms with Crippen molar-refractivity contribution in [3.63, 3.8) is 0 Å². The average molecular weight is 151 g/mol. The third kappa shape index (κ3) is 1.76. The van der Waals surface area contributed by atoms with E-state index in [0.717, 1.165) is 5.56 Å². The Kier molecular flexibility index (Phi) is 2.22. The Morgan fingerprint density at radius 3 is 2.82 bits per heavy atom. The highest BCUT2D eigenvalue weighted by Gasteiger charge is 2.17. The van der Waals surface area contributed by atoms with Gasteiger partial charge in [-0.1, -0.05) is 6.07 Å². The molecule has 0 spiro atoms. The number of aromatic nitrogens is 1. The van der Waals surface area contributed by atoms with Crippen LogP contribution in [0.3, 0.4) is 0 Å². The first kappa shape index (κ1) is 8.17. The maximum Gasteiger partial charge on any atom is 0.0908 e. The lowest BCUT2D eigenvalue weighted by molar-refractivity contribution is 0.416. The molecule has 0 bridgehead atoms. The highest BCUT2D eigenvalue weighted by molar-refractivity contribution is 5.17. The molecule has 1 unspecified atom stereocenters. The molecule has 3 nitrogen and oxygen atoms in total. The van der Waals surface area contributed by atoms with Crippen LogP contribution in [0.25, 0.3) is 0 Å². The fourth-order valence-electron chi connectivity index (χ4n) is 0.814. The summed E-state index contributed by atoms with van der Waals surface area (Å²) < 4.78 is 0. The van der Waals surface area contributed by atoms with E-state index in [-0.39, 0.29) is 0 Å². The quantitative estimate of drug-likeness (QED) is 0.603. The predicted octanol–water partition coefficient (Wildman–Crippen LogP) is 0.432. The van der Waals surface area contributed by atoms with Gasteiger partial charge >= 0.3 is 0 Å². The van der Waals surface area contributed by atoms with Crippen molar-refractivity contribution in [3.05, 3.63) is 30.1 Å². The molecule has 0 aromatic carbocycles. The topological polar surface area (TPSA) is 50.9 Å². The van der Waals surface area contributed by atoms with E-state index in [0.29, 0.717) is 0 Å². The standard InChI is InChI=1S/C8H13N3/c1-8(9,10-2)7-4-3-5-11-6-7/h3-6,10H,9H2,1-2H3. The van der Waals surface area contributed by atoms with Gasteiger partial charge in [0.15, 0.2) is 0 Å². The van der Waals surface area contributed by atoms with Gasteiger partial charge in [-0.2, -0.15) is 0 Å². The molecule has 0 fully saturated rings. The Bertz CT molecular complexity index is 218. The van der Waals surface area contributed by atoms with Crippen LogP contribution in [0.1, 0.15) is 12.5 Å². The van der Waals surface area contributed by atoms with Gasteiger partial charge in [-0.05, 0) is 20.0 Å². The number of nitrogens with one attached hydrogen (secondary N) is 1. The van der Waals surface area contributed by atoms with Gasteiger partial charge in [-0.15, -0.1) is 0 Å². The summed E-state index contributed by atoms with van der Waals surface area (Å²) in [5.41, 5.74) is 6.40. The van der Waals surface area contributed by atoms with Gasteiger partial charge in [-0.3, -0.25) is 10.3 Å². The minimum absolute atomic E-state index is 0.478. The predicted molar refractivity (Wildman–Crippen MR) is 44.8 cm³/mol. The molecule has 1 atom stereocenters. The number of nitrogens with two attached hydrogens (primary N) is 1. The zero-order valence-corrected chi connectivity index (χ0v) is 6.83. The van der Waals surface area contributed by atoms with Gasteiger partial charge in [0.1, 0.15) is 0 Å². The van der Waals surface area contributed by atoms with E-state index in [9.17, 15) is 0 Å². The lowest BCUT2D eigenvalue weighted by Gasteiger charge is -2.23. The van der Waals surface area contributed by atoms with Crippen LogP contribution >= 0.6 is 0 Å². The fourth-order valence-corrected chi connectivity index (χ4v) is 0.814. The molecule has 3 heteroatoms. The van der Waals surface area contributed by atoms with E-state index in [1.54, 1.807) is 12.4 Å². The first-order chi connectivity index (χ1) is 5.17. The summed E-state index contributed by atoms with van der Waals surface area (Å²) in [5.74, 6) is 0. The van der Waals surface area contributed by atoms with E-state index in [1.165, 1.54) is 0 Å². The second-order valence-corrected chi connectivity index (χ2v) is 2.69. The van der Waals surface area contributed by atoms with Gasteiger partial charge in [-0.25, -0.2) is 0 Å². The number of hydrogen-bond donors (Lipinski definition) is 2. The highest BCUT2D eigenvalue weighted by atomic mass is 15.1. The summed E-state index contributed by atoms with van der Waals surface area (Å²) in [5, 5.41) is 3.00. The Hall–Kier alpha value is -0.930. The van der Waals surface area contributed by atoms with E-state index >= 15 is 0 Å². The molecule has 60 valence electrons. The van der Waals surface area contributed by atoms with Gasteiger partial charge in [0.25, 0.3) is 0 Å². The zero-order chi connectivity index (χ0) is 8.32. The van der Waals surface area contributed by atoms with E-state index in [4.69, 9.17) is 5.73 Å². The molecule has 11 heavy (non-hydrogen) atoms. The van der Waals surface area contributed by atoms with Crippen LogP contribution in [0.4, 0.5) is 0 Å². The number of rotatable bonds is 2. The molecule has 1 heterocycles. The monoisotopic (exact) mass is 151 g/mol. The zero-order valence-electron chi connectivity index (χ0n) is 6.83. The van der Waals surface area contributed by atoms with E-state index < -0.39 is 5.66 Å². The molecular formula is C8H13N3. The van der Waals surface area contributed by atoms with Crippen molar-refractivity contribution >= 4 is 0 Å². The van der Waals surface area contributed by atoms with Gasteiger partial charge < -0.3 is 5.73 Å². The van der Waals surface area contributed by atoms with Crippen LogP contribution < -0.4 is 11.1 Å². The highest BCUT2D eigenvalue weighted by Crippen LogP contribution is 2.10. The van der Waals surface area contributed by atoms with Crippen molar-refractivity contribution in [1.82, 2.24) is 10.3 Å². The average Bonchev–Trinajstić information content (AvgIpc) is 2.06. The first-order valence-electron chi connectivity index (χ1n) is 3.55. The summed E-state index contributed by atoms with van der Waals surface area (Å²) in [6, 6.07) is 3.82. The van der Waals surface area contributed by atoms with Crippen LogP contribution in [-0.2, 0) is 5.66 Å². The smallest absolute Gasteiger partial charge is 0.0908 e. The normalized spacial score (nSPS) is 15.9. The van der Waals surface area contributed by atoms with Crippen molar-refractivity contribution in [2.45, 2.75) is 12.6 Å². The SMILES string of the molecule is CNC(C)(N)c1cccnc1. The second kappa shape index (κ2) is 2.98. The summed E-state index contributed by atoms with van der Waals surface area (Å²) in [6.07, 6.45) is 3.49. The number of pyridine rings is 1. The molecule has 3 N–H and O–H groups in total. The lowest BCUT2D eigenvalue weighted by atomic mass is 10.1. The van der Waals surface area contributed by atoms with Gasteiger partial charge in [0.05, 0.1) is 5.66 Å². The van der Waals surface area contributed by atoms with Crippen molar-refractivity contribution in [2.24, 2.45) is 5.73 Å². The minimum atomic E-state index is -0.478. The molecule has 1 rings (SSSR count). The Balaban J connectivity index is 2.93. The maximum atomic E-state index is 5.89. The Labute approximate surface area is 66.6 Å². The number of hydrogen-bond acceptors (Lipinski definition) is 3. The minimum Gasteiger partial charge on any atom is -0.310 e. The third-order valence-electron chi connectivity index (χ3n) is 1.78. The van der Waals surface area contributed by atoms with Crippen molar-refractivity contribution in [2.75, 3.05) is 7.05 Å². The van der Waals surface area contributed by atoms with Crippen molar-refractivity contribution < 1.29 is 0 Å². The molecule has 1 aromatic heterocycles. The van der Waals surface area contributed by atoms with Crippen LogP contribution in [0.5, 0.6) is 0 Å². The van der Waals surface area contributed by atoms with Gasteiger partial charge in [0.2, 0.25) is 0 Å². The molecule has 0 saturated carbocycles. The van der Waals surface area contributed by atoms with E-state index in [1.807, 2.05) is 26.1 Å². The van der Waals surface area contributed by atoms with Crippen LogP contribution in [-0.4, -0.2) is 12.0 Å². The second-order valence-electron chi connectivity index (χ2n) is 2.69. The molecule has 0 aliphatic carbocycles. The fraction of sp³-hybridized carbons (Fsp3) is 0.375. The number of nitrogens with zero attached hydrogens (tertiary/aromatic N) is 1. The maximum absolute atomic E-state index is 5.89. The largest absolute Gasteiger partial charge is 0.310 e. The van der Waals surface area contributed by atoms with Crippen LogP contribution in [0.15, 0.2) is 24.5 Å². The van der Waals surface area contributed by atoms with Crippen LogP contribution in [0, 0.1) is 0 Å². The Morgan fingerprint density at radius 1 is 1.64 bits per heavy atom. The summed E-state index contributed by atoms with van der Waals surface area (Å²) in [7, 11) is 1.83. The van der Waals surface area contributed by atoms with Gasteiger partial charge in [0, 0.05) is 18.0 Å². The molecule has 0 aliphatic heterocycles. The summed E-state index contributed by atoms with van der Waals surface area (Å²) in [4.78, 5) is 3.98. The molecule has 0 saturated heterocycles. The van der Waals surface area contributed by atoms with Crippen molar-refractivity contribution in [3.8, 4) is 0 Å². The van der Waals surface area contributed by atoms with Crippen molar-refractivity contribution in [1.29, 1.82) is 0 Å². The molecule has 0 radical (unpaired) electrons. The van der Waals surface area contributed by atoms with E-state index in [2.05, 4.69) is 10.3 Å². The van der Waals surface area contributed by atoms with Crippen LogP contribution in [0.2, 0.25) is 0 Å². The third-order valence-corrected chi connectivity index (χ3v) is 1.78. The molecule has 0 aliphatic rings. The molecular weight excluding hydrogens is 138 g/mol. The Morgan fingerprint density at radius 2 is 2.36 bits per heavy atom. The molecule has 0 amide bonds. The summed E-state index contributed by atoms with van der Waals surface area (Å²) >= 11 is 0. The molecule has 1 aromatic rings. The lowest BCUT2D eigenvalue weighted by Crippen LogP contribution is -2.45. The summed E-state index contributed by atoms with van der Waals surface area (Å²) in [6.45, 7) is 1.91.